The van der Waals surface area contributed by atoms with Gasteiger partial charge in [0.2, 0.25) is 0 Å². The van der Waals surface area contributed by atoms with Crippen molar-refractivity contribution in [2.45, 2.75) is 6.92 Å². The van der Waals surface area contributed by atoms with Gasteiger partial charge in [-0.3, -0.25) is 4.90 Å². The zero-order chi connectivity index (χ0) is 14.6. The van der Waals surface area contributed by atoms with E-state index in [0.717, 1.165) is 38.9 Å². The lowest BCUT2D eigenvalue weighted by Crippen LogP contribution is -2.38. The van der Waals surface area contributed by atoms with Crippen LogP contribution < -0.4 is 10.2 Å². The molecule has 1 fully saturated rings. The molecule has 2 rings (SSSR count). The van der Waals surface area contributed by atoms with E-state index >= 15 is 0 Å². The van der Waals surface area contributed by atoms with Crippen molar-refractivity contribution < 1.29 is 22.4 Å². The molecule has 7 heteroatoms. The number of halogens is 3. The van der Waals surface area contributed by atoms with Gasteiger partial charge in [-0.25, -0.2) is 0 Å². The summed E-state index contributed by atoms with van der Waals surface area (Å²) >= 11 is 0. The second-order valence-electron chi connectivity index (χ2n) is 4.90. The summed E-state index contributed by atoms with van der Waals surface area (Å²) in [6, 6.07) is 3.93. The van der Waals surface area contributed by atoms with Gasteiger partial charge < -0.3 is 22.4 Å². The van der Waals surface area contributed by atoms with Crippen LogP contribution in [0.1, 0.15) is 5.56 Å². The topological polar surface area (TPSA) is 21.7 Å². The van der Waals surface area contributed by atoms with Crippen molar-refractivity contribution in [2.24, 2.45) is 0 Å². The maximum atomic E-state index is 12.7. The van der Waals surface area contributed by atoms with E-state index in [9.17, 15) is 12.9 Å². The summed E-state index contributed by atoms with van der Waals surface area (Å²) in [4.78, 5) is 2.21. The number of nitrogens with zero attached hydrogens (tertiary/aromatic N) is 1. The van der Waals surface area contributed by atoms with Crippen LogP contribution in [-0.2, 0) is 4.74 Å². The SMILES string of the molecule is Cc1cc(OCCN2CCOCC2)ccc1[B-](F)(F)F. The van der Waals surface area contributed by atoms with Gasteiger partial charge in [-0.15, -0.1) is 5.46 Å². The highest BCUT2D eigenvalue weighted by Crippen LogP contribution is 2.17. The maximum absolute atomic E-state index is 12.7. The first-order valence-electron chi connectivity index (χ1n) is 6.70. The monoisotopic (exact) mass is 288 g/mol. The van der Waals surface area contributed by atoms with Crippen LogP contribution in [0.4, 0.5) is 12.9 Å². The number of morpholine rings is 1. The third kappa shape index (κ3) is 4.14. The van der Waals surface area contributed by atoms with Gasteiger partial charge >= 0.3 is 6.98 Å². The van der Waals surface area contributed by atoms with E-state index in [1.165, 1.54) is 19.1 Å². The molecule has 1 aromatic rings. The maximum Gasteiger partial charge on any atom is 0.509 e. The Bertz CT molecular complexity index is 448. The molecule has 1 aliphatic rings. The van der Waals surface area contributed by atoms with Crippen molar-refractivity contribution in [1.82, 2.24) is 4.90 Å². The van der Waals surface area contributed by atoms with Gasteiger partial charge in [-0.05, 0) is 19.1 Å². The molecule has 0 aromatic heterocycles. The van der Waals surface area contributed by atoms with Gasteiger partial charge in [0, 0.05) is 19.6 Å². The van der Waals surface area contributed by atoms with Crippen LogP contribution in [0.15, 0.2) is 18.2 Å². The fourth-order valence-electron chi connectivity index (χ4n) is 2.22. The Morgan fingerprint density at radius 3 is 2.55 bits per heavy atom. The van der Waals surface area contributed by atoms with E-state index in [1.807, 2.05) is 0 Å². The Kier molecular flexibility index (Phi) is 4.93. The van der Waals surface area contributed by atoms with Gasteiger partial charge in [0.05, 0.1) is 13.2 Å². The minimum Gasteiger partial charge on any atom is -0.492 e. The van der Waals surface area contributed by atoms with Gasteiger partial charge in [-0.2, -0.15) is 0 Å². The van der Waals surface area contributed by atoms with Gasteiger partial charge in [0.1, 0.15) is 12.4 Å². The Morgan fingerprint density at radius 1 is 1.25 bits per heavy atom. The first-order chi connectivity index (χ1) is 9.47. The molecule has 0 N–H and O–H groups in total. The van der Waals surface area contributed by atoms with Crippen LogP contribution in [0.5, 0.6) is 5.75 Å². The molecule has 0 bridgehead atoms. The fourth-order valence-corrected chi connectivity index (χ4v) is 2.22. The zero-order valence-electron chi connectivity index (χ0n) is 11.4. The minimum absolute atomic E-state index is 0.210. The van der Waals surface area contributed by atoms with Crippen molar-refractivity contribution in [1.29, 1.82) is 0 Å². The largest absolute Gasteiger partial charge is 0.509 e. The highest BCUT2D eigenvalue weighted by atomic mass is 19.4. The van der Waals surface area contributed by atoms with Crippen molar-refractivity contribution >= 4 is 12.4 Å². The van der Waals surface area contributed by atoms with Crippen LogP contribution in [0.25, 0.3) is 0 Å². The molecule has 1 aromatic carbocycles. The second-order valence-corrected chi connectivity index (χ2v) is 4.90. The molecule has 0 unspecified atom stereocenters. The molecule has 112 valence electrons. The van der Waals surface area contributed by atoms with Crippen LogP contribution in [0, 0.1) is 6.92 Å². The third-order valence-electron chi connectivity index (χ3n) is 3.37. The van der Waals surface area contributed by atoms with Crippen molar-refractivity contribution in [3.63, 3.8) is 0 Å². The third-order valence-corrected chi connectivity index (χ3v) is 3.37. The lowest BCUT2D eigenvalue weighted by molar-refractivity contribution is 0.0322. The molecule has 0 saturated carbocycles. The van der Waals surface area contributed by atoms with Crippen LogP contribution in [0.2, 0.25) is 0 Å². The van der Waals surface area contributed by atoms with Crippen LogP contribution in [-0.4, -0.2) is 51.3 Å². The Labute approximate surface area is 116 Å². The molecule has 0 radical (unpaired) electrons. The predicted octanol–water partition coefficient (Wildman–Crippen LogP) is 1.76. The fraction of sp³-hybridized carbons (Fsp3) is 0.538. The molecule has 1 heterocycles. The van der Waals surface area contributed by atoms with Gasteiger partial charge in [0.25, 0.3) is 0 Å². The predicted molar refractivity (Wildman–Crippen MR) is 72.6 cm³/mol. The lowest BCUT2D eigenvalue weighted by atomic mass is 9.77. The molecule has 0 aliphatic carbocycles. The first-order valence-corrected chi connectivity index (χ1v) is 6.70. The molecule has 3 nitrogen and oxygen atoms in total. The highest BCUT2D eigenvalue weighted by molar-refractivity contribution is 6.74. The van der Waals surface area contributed by atoms with Gasteiger partial charge in [-0.1, -0.05) is 11.6 Å². The van der Waals surface area contributed by atoms with E-state index in [2.05, 4.69) is 4.90 Å². The quantitative estimate of drug-likeness (QED) is 0.771. The molecular weight excluding hydrogens is 270 g/mol. The summed E-state index contributed by atoms with van der Waals surface area (Å²) in [6.07, 6.45) is 0. The number of hydrogen-bond acceptors (Lipinski definition) is 3. The summed E-state index contributed by atoms with van der Waals surface area (Å²) in [6.45, 7) is 0.925. The second kappa shape index (κ2) is 6.50. The number of ether oxygens (including phenoxy) is 2. The molecule has 1 aliphatic heterocycles. The normalized spacial score (nSPS) is 17.2. The molecule has 20 heavy (non-hydrogen) atoms. The van der Waals surface area contributed by atoms with E-state index in [-0.39, 0.29) is 5.56 Å². The number of rotatable bonds is 5. The summed E-state index contributed by atoms with van der Waals surface area (Å²) in [5.74, 6) is 0.486. The van der Waals surface area contributed by atoms with Crippen molar-refractivity contribution in [3.8, 4) is 5.75 Å². The van der Waals surface area contributed by atoms with E-state index in [4.69, 9.17) is 9.47 Å². The van der Waals surface area contributed by atoms with Crippen LogP contribution >= 0.6 is 0 Å². The number of aryl methyl sites for hydroxylation is 1. The van der Waals surface area contributed by atoms with Crippen LogP contribution in [0.3, 0.4) is 0 Å². The highest BCUT2D eigenvalue weighted by Gasteiger charge is 2.27. The summed E-state index contributed by atoms with van der Waals surface area (Å²) in [5, 5.41) is 0. The smallest absolute Gasteiger partial charge is 0.492 e. The molecular formula is C13H18BF3NO2-. The number of benzene rings is 1. The molecule has 0 atom stereocenters. The Balaban J connectivity index is 1.85. The Morgan fingerprint density at radius 2 is 1.95 bits per heavy atom. The summed E-state index contributed by atoms with van der Waals surface area (Å²) in [7, 11) is 0. The minimum atomic E-state index is -4.95. The summed E-state index contributed by atoms with van der Waals surface area (Å²) < 4.78 is 48.8. The van der Waals surface area contributed by atoms with E-state index < -0.39 is 12.4 Å². The zero-order valence-corrected chi connectivity index (χ0v) is 11.4. The standard InChI is InChI=1S/C13H18BF3NO2/c1-11-10-12(2-3-13(11)14(15,16)17)20-9-6-18-4-7-19-8-5-18/h2-3,10H,4-9H2,1H3/q-1. The van der Waals surface area contributed by atoms with E-state index in [0.29, 0.717) is 12.4 Å². The molecule has 0 spiro atoms. The Hall–Kier alpha value is -1.21. The lowest BCUT2D eigenvalue weighted by Gasteiger charge is -2.26. The van der Waals surface area contributed by atoms with Crippen molar-refractivity contribution in [2.75, 3.05) is 39.5 Å². The van der Waals surface area contributed by atoms with Crippen molar-refractivity contribution in [3.05, 3.63) is 23.8 Å². The molecule has 1 saturated heterocycles. The van der Waals surface area contributed by atoms with E-state index in [1.54, 1.807) is 0 Å². The average Bonchev–Trinajstić information content (AvgIpc) is 2.38. The molecule has 0 amide bonds. The first kappa shape index (κ1) is 15.2. The summed E-state index contributed by atoms with van der Waals surface area (Å²) in [5.41, 5.74) is -0.341. The average molecular weight is 288 g/mol. The van der Waals surface area contributed by atoms with Gasteiger partial charge in [0.15, 0.2) is 0 Å². The number of hydrogen-bond donors (Lipinski definition) is 0.